The van der Waals surface area contributed by atoms with Gasteiger partial charge in [0.15, 0.2) is 0 Å². The van der Waals surface area contributed by atoms with Gasteiger partial charge in [0.25, 0.3) is 0 Å². The molecule has 0 unspecified atom stereocenters. The molecule has 1 aromatic heterocycles. The largest absolute Gasteiger partial charge is 0.472 e. The van der Waals surface area contributed by atoms with Crippen molar-refractivity contribution in [3.63, 3.8) is 0 Å². The van der Waals surface area contributed by atoms with Crippen LogP contribution in [0.15, 0.2) is 65.3 Å². The lowest BCUT2D eigenvalue weighted by molar-refractivity contribution is 0.0601. The highest BCUT2D eigenvalue weighted by atomic mass is 79.9. The van der Waals surface area contributed by atoms with E-state index in [0.717, 1.165) is 39.8 Å². The predicted octanol–water partition coefficient (Wildman–Crippen LogP) is 5.26. The van der Waals surface area contributed by atoms with E-state index < -0.39 is 0 Å². The first-order valence-corrected chi connectivity index (χ1v) is 10.7. The van der Waals surface area contributed by atoms with Gasteiger partial charge in [0.1, 0.15) is 6.10 Å². The molecule has 0 amide bonds. The van der Waals surface area contributed by atoms with Gasteiger partial charge in [0.05, 0.1) is 24.9 Å². The van der Waals surface area contributed by atoms with Gasteiger partial charge in [-0.2, -0.15) is 0 Å². The van der Waals surface area contributed by atoms with Crippen molar-refractivity contribution in [2.75, 3.05) is 25.1 Å². The Hall–Kier alpha value is -2.86. The van der Waals surface area contributed by atoms with Crippen LogP contribution in [-0.4, -0.2) is 37.3 Å². The quantitative estimate of drug-likeness (QED) is 0.479. The number of aromatic nitrogens is 1. The van der Waals surface area contributed by atoms with E-state index in [1.165, 1.54) is 7.11 Å². The number of hydrogen-bond acceptors (Lipinski definition) is 5. The van der Waals surface area contributed by atoms with Crippen LogP contribution < -0.4 is 9.64 Å². The van der Waals surface area contributed by atoms with Gasteiger partial charge in [-0.1, -0.05) is 40.2 Å². The molecule has 0 bridgehead atoms. The van der Waals surface area contributed by atoms with Gasteiger partial charge < -0.3 is 14.4 Å². The summed E-state index contributed by atoms with van der Waals surface area (Å²) in [4.78, 5) is 19.0. The average Bonchev–Trinajstić information content (AvgIpc) is 3.23. The Balaban J connectivity index is 1.56. The van der Waals surface area contributed by atoms with Gasteiger partial charge in [-0.3, -0.25) is 0 Å². The van der Waals surface area contributed by atoms with Crippen molar-refractivity contribution in [2.24, 2.45) is 0 Å². The number of rotatable bonds is 5. The molecule has 0 spiro atoms. The van der Waals surface area contributed by atoms with Crippen molar-refractivity contribution >= 4 is 27.6 Å². The first-order chi connectivity index (χ1) is 14.5. The van der Waals surface area contributed by atoms with Crippen molar-refractivity contribution < 1.29 is 14.3 Å². The summed E-state index contributed by atoms with van der Waals surface area (Å²) in [6.07, 6.45) is 2.69. The number of anilines is 1. The fraction of sp³-hybridized carbons (Fsp3) is 0.250. The normalized spacial score (nSPS) is 15.8. The second kappa shape index (κ2) is 8.88. The number of carbonyl (C=O) groups excluding carboxylic acids is 1. The fourth-order valence-corrected chi connectivity index (χ4v) is 3.91. The number of esters is 1. The van der Waals surface area contributed by atoms with Gasteiger partial charge in [-0.05, 0) is 47.9 Å². The number of benzene rings is 2. The number of methoxy groups -OCH3 is 1. The minimum absolute atomic E-state index is 0.0249. The molecule has 0 N–H and O–H groups in total. The Morgan fingerprint density at radius 2 is 1.87 bits per heavy atom. The Bertz CT molecular complexity index is 1040. The first kappa shape index (κ1) is 20.4. The number of aryl methyl sites for hydroxylation is 1. The van der Waals surface area contributed by atoms with E-state index in [1.54, 1.807) is 6.20 Å². The van der Waals surface area contributed by atoms with Crippen molar-refractivity contribution in [1.29, 1.82) is 0 Å². The van der Waals surface area contributed by atoms with E-state index in [4.69, 9.17) is 9.47 Å². The van der Waals surface area contributed by atoms with Crippen LogP contribution in [-0.2, 0) is 4.74 Å². The lowest BCUT2D eigenvalue weighted by Gasteiger charge is -2.22. The lowest BCUT2D eigenvalue weighted by Crippen LogP contribution is -2.26. The fourth-order valence-electron chi connectivity index (χ4n) is 3.65. The SMILES string of the molecule is COC(=O)c1cc(-c2ccc(Br)cc2)ccc1N1CC[C@H](Oc2ccc(C)cn2)C1. The summed E-state index contributed by atoms with van der Waals surface area (Å²) in [6.45, 7) is 3.50. The van der Waals surface area contributed by atoms with Gasteiger partial charge in [-0.15, -0.1) is 0 Å². The minimum Gasteiger partial charge on any atom is -0.472 e. The average molecular weight is 467 g/mol. The molecule has 30 heavy (non-hydrogen) atoms. The van der Waals surface area contributed by atoms with Crippen LogP contribution in [0.4, 0.5) is 5.69 Å². The number of nitrogens with zero attached hydrogens (tertiary/aromatic N) is 2. The third-order valence-corrected chi connectivity index (χ3v) is 5.77. The molecule has 0 radical (unpaired) electrons. The maximum atomic E-state index is 12.5. The molecular formula is C24H23BrN2O3. The smallest absolute Gasteiger partial charge is 0.339 e. The number of pyridine rings is 1. The summed E-state index contributed by atoms with van der Waals surface area (Å²) >= 11 is 3.46. The van der Waals surface area contributed by atoms with Gasteiger partial charge in [0, 0.05) is 29.7 Å². The van der Waals surface area contributed by atoms with E-state index in [2.05, 4.69) is 25.8 Å². The molecule has 2 heterocycles. The molecule has 5 nitrogen and oxygen atoms in total. The third kappa shape index (κ3) is 4.49. The molecule has 0 aliphatic carbocycles. The summed E-state index contributed by atoms with van der Waals surface area (Å²) in [5.74, 6) is 0.291. The highest BCUT2D eigenvalue weighted by Crippen LogP contribution is 2.31. The molecule has 1 aliphatic heterocycles. The van der Waals surface area contributed by atoms with E-state index in [0.29, 0.717) is 18.0 Å². The molecule has 1 aliphatic rings. The molecule has 1 atom stereocenters. The van der Waals surface area contributed by atoms with Crippen molar-refractivity contribution in [3.8, 4) is 17.0 Å². The number of halogens is 1. The zero-order valence-corrected chi connectivity index (χ0v) is 18.6. The number of ether oxygens (including phenoxy) is 2. The van der Waals surface area contributed by atoms with Crippen LogP contribution in [0.1, 0.15) is 22.3 Å². The molecule has 3 aromatic rings. The highest BCUT2D eigenvalue weighted by molar-refractivity contribution is 9.10. The van der Waals surface area contributed by atoms with Crippen LogP contribution >= 0.6 is 15.9 Å². The monoisotopic (exact) mass is 466 g/mol. The zero-order valence-electron chi connectivity index (χ0n) is 17.0. The van der Waals surface area contributed by atoms with Crippen molar-refractivity contribution in [2.45, 2.75) is 19.4 Å². The molecule has 0 saturated carbocycles. The van der Waals surface area contributed by atoms with E-state index >= 15 is 0 Å². The molecule has 2 aromatic carbocycles. The standard InChI is InChI=1S/C24H23BrN2O3/c1-16-3-10-23(26-14-16)30-20-11-12-27(15-20)22-9-6-18(13-21(22)24(28)29-2)17-4-7-19(25)8-5-17/h3-10,13-14,20H,11-12,15H2,1-2H3/t20-/m0/s1. The zero-order chi connectivity index (χ0) is 21.1. The van der Waals surface area contributed by atoms with Crippen LogP contribution in [0.5, 0.6) is 5.88 Å². The van der Waals surface area contributed by atoms with Crippen LogP contribution in [0.25, 0.3) is 11.1 Å². The Kier molecular flexibility index (Phi) is 6.04. The maximum absolute atomic E-state index is 12.5. The Morgan fingerprint density at radius 1 is 1.10 bits per heavy atom. The topological polar surface area (TPSA) is 51.7 Å². The van der Waals surface area contributed by atoms with Crippen LogP contribution in [0, 0.1) is 6.92 Å². The highest BCUT2D eigenvalue weighted by Gasteiger charge is 2.28. The molecule has 154 valence electrons. The van der Waals surface area contributed by atoms with Gasteiger partial charge in [0.2, 0.25) is 5.88 Å². The molecule has 1 saturated heterocycles. The Morgan fingerprint density at radius 3 is 2.57 bits per heavy atom. The summed E-state index contributed by atoms with van der Waals surface area (Å²) in [7, 11) is 1.41. The first-order valence-electron chi connectivity index (χ1n) is 9.86. The molecule has 6 heteroatoms. The van der Waals surface area contributed by atoms with Gasteiger partial charge >= 0.3 is 5.97 Å². The number of hydrogen-bond donors (Lipinski definition) is 0. The third-order valence-electron chi connectivity index (χ3n) is 5.24. The molecular weight excluding hydrogens is 444 g/mol. The van der Waals surface area contributed by atoms with E-state index in [1.807, 2.05) is 61.5 Å². The summed E-state index contributed by atoms with van der Waals surface area (Å²) < 4.78 is 12.1. The van der Waals surface area contributed by atoms with Gasteiger partial charge in [-0.25, -0.2) is 9.78 Å². The Labute approximate surface area is 184 Å². The van der Waals surface area contributed by atoms with E-state index in [9.17, 15) is 4.79 Å². The minimum atomic E-state index is -0.339. The van der Waals surface area contributed by atoms with Crippen LogP contribution in [0.2, 0.25) is 0 Å². The van der Waals surface area contributed by atoms with Crippen LogP contribution in [0.3, 0.4) is 0 Å². The lowest BCUT2D eigenvalue weighted by atomic mass is 10.0. The second-order valence-corrected chi connectivity index (χ2v) is 8.29. The summed E-state index contributed by atoms with van der Waals surface area (Å²) in [6, 6.07) is 17.8. The summed E-state index contributed by atoms with van der Waals surface area (Å²) in [5.41, 5.74) is 4.55. The molecule has 4 rings (SSSR count). The van der Waals surface area contributed by atoms with Crippen molar-refractivity contribution in [1.82, 2.24) is 4.98 Å². The van der Waals surface area contributed by atoms with Crippen molar-refractivity contribution in [3.05, 3.63) is 76.4 Å². The number of carbonyl (C=O) groups is 1. The van der Waals surface area contributed by atoms with E-state index in [-0.39, 0.29) is 12.1 Å². The second-order valence-electron chi connectivity index (χ2n) is 7.38. The summed E-state index contributed by atoms with van der Waals surface area (Å²) in [5, 5.41) is 0. The maximum Gasteiger partial charge on any atom is 0.339 e. The molecule has 1 fully saturated rings. The predicted molar refractivity (Wildman–Crippen MR) is 121 cm³/mol.